The van der Waals surface area contributed by atoms with Gasteiger partial charge in [0, 0.05) is 51.0 Å². The number of nitrogens with zero attached hydrogens (tertiary/aromatic N) is 5. The van der Waals surface area contributed by atoms with Gasteiger partial charge in [-0.2, -0.15) is 0 Å². The van der Waals surface area contributed by atoms with E-state index in [2.05, 4.69) is 37.3 Å². The molecular formula is C26H32Cl2N8O3. The highest BCUT2D eigenvalue weighted by molar-refractivity contribution is 6.41. The predicted octanol–water partition coefficient (Wildman–Crippen LogP) is 4.94. The van der Waals surface area contributed by atoms with E-state index in [1.165, 1.54) is 31.5 Å². The van der Waals surface area contributed by atoms with Crippen LogP contribution in [0.5, 0.6) is 11.5 Å². The SMILES string of the molecule is CCN1CCN(c2ccc(Nc3cc(N(C)C(=O)Nc4c(Cl)c(OC)cc(OC)c4Cl)ncn3)c(N)c2)CC1. The molecule has 0 radical (unpaired) electrons. The molecule has 208 valence electrons. The standard InChI is InChI=1S/C26H32Cl2N8O3/c1-5-35-8-10-36(11-9-35)16-6-7-18(17(29)12-16)32-21-14-22(31-15-30-21)34(2)26(37)33-25-23(27)19(38-3)13-20(39-4)24(25)28/h6-7,12-15H,5,8-11,29H2,1-4H3,(H,33,37)(H,30,31,32). The fourth-order valence-corrected chi connectivity index (χ4v) is 4.81. The molecule has 2 heterocycles. The predicted molar refractivity (Wildman–Crippen MR) is 157 cm³/mol. The second-order valence-corrected chi connectivity index (χ2v) is 9.61. The minimum absolute atomic E-state index is 0.140. The number of amides is 2. The third-order valence-electron chi connectivity index (χ3n) is 6.59. The molecule has 1 aromatic heterocycles. The van der Waals surface area contributed by atoms with E-state index in [9.17, 15) is 4.79 Å². The monoisotopic (exact) mass is 574 g/mol. The van der Waals surface area contributed by atoms with E-state index in [1.807, 2.05) is 18.2 Å². The number of urea groups is 1. The first-order valence-electron chi connectivity index (χ1n) is 12.4. The summed E-state index contributed by atoms with van der Waals surface area (Å²) in [5.41, 5.74) is 8.90. The Hall–Kier alpha value is -3.67. The van der Waals surface area contributed by atoms with E-state index in [4.69, 9.17) is 38.4 Å². The quantitative estimate of drug-likeness (QED) is 0.321. The maximum Gasteiger partial charge on any atom is 0.327 e. The molecule has 0 saturated carbocycles. The first-order valence-corrected chi connectivity index (χ1v) is 13.1. The van der Waals surface area contributed by atoms with Crippen molar-refractivity contribution >= 4 is 63.6 Å². The molecule has 4 rings (SSSR count). The normalized spacial score (nSPS) is 13.6. The van der Waals surface area contributed by atoms with Gasteiger partial charge in [-0.25, -0.2) is 14.8 Å². The number of methoxy groups -OCH3 is 2. The Labute approximate surface area is 237 Å². The summed E-state index contributed by atoms with van der Waals surface area (Å²) < 4.78 is 10.5. The zero-order valence-corrected chi connectivity index (χ0v) is 23.8. The largest absolute Gasteiger partial charge is 0.495 e. The van der Waals surface area contributed by atoms with E-state index in [0.717, 1.165) is 38.4 Å². The van der Waals surface area contributed by atoms with Gasteiger partial charge < -0.3 is 35.6 Å². The molecule has 1 fully saturated rings. The van der Waals surface area contributed by atoms with E-state index in [0.29, 0.717) is 34.5 Å². The Morgan fingerprint density at radius 1 is 1.05 bits per heavy atom. The van der Waals surface area contributed by atoms with Crippen LogP contribution in [0.1, 0.15) is 6.92 Å². The lowest BCUT2D eigenvalue weighted by Gasteiger charge is -2.35. The van der Waals surface area contributed by atoms with Gasteiger partial charge >= 0.3 is 6.03 Å². The molecule has 4 N–H and O–H groups in total. The Kier molecular flexibility index (Phi) is 9.05. The molecule has 1 aliphatic rings. The molecule has 11 nitrogen and oxygen atoms in total. The summed E-state index contributed by atoms with van der Waals surface area (Å²) >= 11 is 12.8. The van der Waals surface area contributed by atoms with Crippen LogP contribution in [0.3, 0.4) is 0 Å². The van der Waals surface area contributed by atoms with Crippen molar-refractivity contribution in [3.63, 3.8) is 0 Å². The van der Waals surface area contributed by atoms with Gasteiger partial charge in [-0.1, -0.05) is 30.1 Å². The lowest BCUT2D eigenvalue weighted by Crippen LogP contribution is -2.46. The van der Waals surface area contributed by atoms with Crippen LogP contribution in [0, 0.1) is 0 Å². The molecular weight excluding hydrogens is 543 g/mol. The molecule has 0 atom stereocenters. The molecule has 0 spiro atoms. The van der Waals surface area contributed by atoms with Crippen molar-refractivity contribution < 1.29 is 14.3 Å². The number of piperazine rings is 1. The zero-order valence-electron chi connectivity index (χ0n) is 22.3. The molecule has 3 aromatic rings. The summed E-state index contributed by atoms with van der Waals surface area (Å²) in [5.74, 6) is 1.40. The minimum atomic E-state index is -0.536. The van der Waals surface area contributed by atoms with Crippen molar-refractivity contribution in [1.29, 1.82) is 0 Å². The number of carbonyl (C=O) groups is 1. The van der Waals surface area contributed by atoms with Gasteiger partial charge in [0.1, 0.15) is 39.5 Å². The van der Waals surface area contributed by atoms with E-state index < -0.39 is 6.03 Å². The number of carbonyl (C=O) groups excluding carboxylic acids is 1. The van der Waals surface area contributed by atoms with Gasteiger partial charge in [0.05, 0.1) is 31.3 Å². The van der Waals surface area contributed by atoms with Gasteiger partial charge in [0.2, 0.25) is 0 Å². The van der Waals surface area contributed by atoms with Crippen LogP contribution in [0.2, 0.25) is 10.0 Å². The van der Waals surface area contributed by atoms with Crippen LogP contribution in [0.15, 0.2) is 36.7 Å². The maximum absolute atomic E-state index is 13.1. The lowest BCUT2D eigenvalue weighted by atomic mass is 10.2. The van der Waals surface area contributed by atoms with Crippen molar-refractivity contribution in [3.8, 4) is 11.5 Å². The number of hydrogen-bond acceptors (Lipinski definition) is 9. The number of nitrogen functional groups attached to an aromatic ring is 1. The molecule has 2 aromatic carbocycles. The van der Waals surface area contributed by atoms with Gasteiger partial charge in [0.15, 0.2) is 0 Å². The van der Waals surface area contributed by atoms with Crippen molar-refractivity contribution in [1.82, 2.24) is 14.9 Å². The van der Waals surface area contributed by atoms with Gasteiger partial charge in [-0.3, -0.25) is 4.90 Å². The first kappa shape index (κ1) is 28.3. The van der Waals surface area contributed by atoms with E-state index in [-0.39, 0.29) is 15.7 Å². The van der Waals surface area contributed by atoms with Crippen molar-refractivity contribution in [3.05, 3.63) is 46.7 Å². The Bertz CT molecular complexity index is 1310. The average molecular weight is 576 g/mol. The molecule has 0 bridgehead atoms. The smallest absolute Gasteiger partial charge is 0.327 e. The average Bonchev–Trinajstić information content (AvgIpc) is 2.96. The highest BCUT2D eigenvalue weighted by Gasteiger charge is 2.22. The Balaban J connectivity index is 1.47. The summed E-state index contributed by atoms with van der Waals surface area (Å²) in [6, 6.07) is 8.56. The molecule has 0 aliphatic carbocycles. The summed E-state index contributed by atoms with van der Waals surface area (Å²) in [4.78, 5) is 27.6. The van der Waals surface area contributed by atoms with E-state index >= 15 is 0 Å². The number of benzene rings is 2. The number of likely N-dealkylation sites (N-methyl/N-ethyl adjacent to an activating group) is 1. The maximum atomic E-state index is 13.1. The number of ether oxygens (including phenoxy) is 2. The van der Waals surface area contributed by atoms with Crippen LogP contribution in [-0.2, 0) is 0 Å². The highest BCUT2D eigenvalue weighted by atomic mass is 35.5. The number of aromatic nitrogens is 2. The third-order valence-corrected chi connectivity index (χ3v) is 7.34. The van der Waals surface area contributed by atoms with Crippen molar-refractivity contribution in [2.75, 3.05) is 80.2 Å². The summed E-state index contributed by atoms with van der Waals surface area (Å²) in [6.07, 6.45) is 1.35. The van der Waals surface area contributed by atoms with Gasteiger partial charge in [-0.15, -0.1) is 0 Å². The second kappa shape index (κ2) is 12.5. The van der Waals surface area contributed by atoms with Gasteiger partial charge in [-0.05, 0) is 24.7 Å². The van der Waals surface area contributed by atoms with Crippen LogP contribution < -0.4 is 35.6 Å². The van der Waals surface area contributed by atoms with E-state index in [1.54, 1.807) is 13.1 Å². The van der Waals surface area contributed by atoms with Crippen molar-refractivity contribution in [2.24, 2.45) is 0 Å². The fraction of sp³-hybridized carbons (Fsp3) is 0.346. The molecule has 39 heavy (non-hydrogen) atoms. The Morgan fingerprint density at radius 2 is 1.72 bits per heavy atom. The number of rotatable bonds is 8. The van der Waals surface area contributed by atoms with Crippen LogP contribution in [-0.4, -0.2) is 74.9 Å². The number of nitrogens with one attached hydrogen (secondary N) is 2. The second-order valence-electron chi connectivity index (χ2n) is 8.85. The molecule has 13 heteroatoms. The lowest BCUT2D eigenvalue weighted by molar-refractivity contribution is 0.258. The van der Waals surface area contributed by atoms with Gasteiger partial charge in [0.25, 0.3) is 0 Å². The van der Waals surface area contributed by atoms with Crippen molar-refractivity contribution in [2.45, 2.75) is 6.92 Å². The summed E-state index contributed by atoms with van der Waals surface area (Å²) in [5, 5.41) is 6.20. The van der Waals surface area contributed by atoms with Crippen LogP contribution >= 0.6 is 23.2 Å². The molecule has 0 unspecified atom stereocenters. The fourth-order valence-electron chi connectivity index (χ4n) is 4.21. The summed E-state index contributed by atoms with van der Waals surface area (Å²) in [7, 11) is 4.47. The number of anilines is 6. The number of halogens is 2. The number of nitrogens with two attached hydrogens (primary N) is 1. The minimum Gasteiger partial charge on any atom is -0.495 e. The molecule has 2 amide bonds. The number of hydrogen-bond donors (Lipinski definition) is 3. The van der Waals surface area contributed by atoms with Crippen LogP contribution in [0.4, 0.5) is 39.2 Å². The topological polar surface area (TPSA) is 121 Å². The molecule has 1 saturated heterocycles. The molecule has 1 aliphatic heterocycles. The summed E-state index contributed by atoms with van der Waals surface area (Å²) in [6.45, 7) is 7.23. The van der Waals surface area contributed by atoms with Crippen LogP contribution in [0.25, 0.3) is 0 Å². The Morgan fingerprint density at radius 3 is 2.31 bits per heavy atom. The zero-order chi connectivity index (χ0) is 28.1. The highest BCUT2D eigenvalue weighted by Crippen LogP contribution is 2.44. The first-order chi connectivity index (χ1) is 18.7. The third kappa shape index (κ3) is 6.32.